The molecule has 7 aromatic rings. The molecule has 0 bridgehead atoms. The van der Waals surface area contributed by atoms with Gasteiger partial charge in [-0.1, -0.05) is 121 Å². The van der Waals surface area contributed by atoms with Gasteiger partial charge in [-0.3, -0.25) is 0 Å². The van der Waals surface area contributed by atoms with Gasteiger partial charge in [-0.2, -0.15) is 0 Å². The van der Waals surface area contributed by atoms with Gasteiger partial charge in [0.1, 0.15) is 22.8 Å². The summed E-state index contributed by atoms with van der Waals surface area (Å²) in [5, 5.41) is 7.99. The molecule has 0 aliphatic carbocycles. The van der Waals surface area contributed by atoms with Gasteiger partial charge >= 0.3 is 0 Å². The minimum Gasteiger partial charge on any atom is -0.456 e. The molecule has 0 radical (unpaired) electrons. The van der Waals surface area contributed by atoms with Gasteiger partial charge in [0.05, 0.1) is 0 Å². The van der Waals surface area contributed by atoms with E-state index in [0.29, 0.717) is 0 Å². The molecule has 41 heavy (non-hydrogen) atoms. The molecule has 2 heterocycles. The molecule has 194 valence electrons. The third-order valence-electron chi connectivity index (χ3n) is 7.75. The molecule has 4 heteroatoms. The zero-order chi connectivity index (χ0) is 27.2. The average Bonchev–Trinajstić information content (AvgIpc) is 3.43. The lowest BCUT2D eigenvalue weighted by Gasteiger charge is -2.23. The van der Waals surface area contributed by atoms with Gasteiger partial charge < -0.3 is 9.73 Å². The first kappa shape index (κ1) is 23.4. The summed E-state index contributed by atoms with van der Waals surface area (Å²) in [6, 6.07) is 48.0. The Bertz CT molecular complexity index is 2120. The van der Waals surface area contributed by atoms with Crippen molar-refractivity contribution in [1.29, 1.82) is 0 Å². The van der Waals surface area contributed by atoms with E-state index >= 15 is 0 Å². The molecule has 6 aromatic carbocycles. The van der Waals surface area contributed by atoms with Crippen LogP contribution in [0.3, 0.4) is 0 Å². The smallest absolute Gasteiger partial charge is 0.170 e. The van der Waals surface area contributed by atoms with Crippen molar-refractivity contribution in [3.63, 3.8) is 0 Å². The maximum atomic E-state index is 6.41. The van der Waals surface area contributed by atoms with Crippen LogP contribution in [0.25, 0.3) is 43.8 Å². The summed E-state index contributed by atoms with van der Waals surface area (Å²) in [6.07, 6.45) is -0.446. The van der Waals surface area contributed by atoms with Crippen LogP contribution in [0.5, 0.6) is 0 Å². The minimum atomic E-state index is -0.446. The van der Waals surface area contributed by atoms with Crippen LogP contribution in [-0.2, 0) is 0 Å². The number of hydrogen-bond acceptors (Lipinski definition) is 4. The molecule has 8 rings (SSSR count). The van der Waals surface area contributed by atoms with Crippen molar-refractivity contribution < 1.29 is 4.42 Å². The largest absolute Gasteiger partial charge is 0.456 e. The molecule has 1 unspecified atom stereocenters. The second kappa shape index (κ2) is 9.61. The standard InChI is InChI=1S/C37H25N3O/c1-3-11-24(12-4-1)27-21-22-30-33(23-27)41-32-20-10-19-31(34(30)32)37-39-35(26-14-5-2-6-15-26)38-36(40-37)29-18-9-16-25-13-7-8-17-28(25)29/h1-23,37H,(H,38,39,40). The lowest BCUT2D eigenvalue weighted by molar-refractivity contribution is 0.668. The highest BCUT2D eigenvalue weighted by Gasteiger charge is 2.24. The van der Waals surface area contributed by atoms with Gasteiger partial charge in [0, 0.05) is 27.5 Å². The maximum absolute atomic E-state index is 6.41. The van der Waals surface area contributed by atoms with Gasteiger partial charge in [0.2, 0.25) is 0 Å². The van der Waals surface area contributed by atoms with Crippen molar-refractivity contribution in [1.82, 2.24) is 5.32 Å². The van der Waals surface area contributed by atoms with E-state index in [0.717, 1.165) is 66.8 Å². The highest BCUT2D eigenvalue weighted by Crippen LogP contribution is 2.38. The summed E-state index contributed by atoms with van der Waals surface area (Å²) in [7, 11) is 0. The Labute approximate surface area is 237 Å². The Morgan fingerprint density at radius 1 is 0.512 bits per heavy atom. The van der Waals surface area contributed by atoms with Gasteiger partial charge in [-0.25, -0.2) is 9.98 Å². The number of hydrogen-bond donors (Lipinski definition) is 1. The van der Waals surface area contributed by atoms with Crippen LogP contribution >= 0.6 is 0 Å². The highest BCUT2D eigenvalue weighted by molar-refractivity contribution is 6.20. The minimum absolute atomic E-state index is 0.446. The summed E-state index contributed by atoms with van der Waals surface area (Å²) >= 11 is 0. The molecule has 1 aromatic heterocycles. The Morgan fingerprint density at radius 3 is 2.07 bits per heavy atom. The van der Waals surface area contributed by atoms with Crippen LogP contribution in [0.1, 0.15) is 22.9 Å². The first-order chi connectivity index (χ1) is 20.3. The zero-order valence-corrected chi connectivity index (χ0v) is 22.2. The molecule has 1 aliphatic heterocycles. The van der Waals surface area contributed by atoms with E-state index in [1.54, 1.807) is 0 Å². The van der Waals surface area contributed by atoms with Crippen LogP contribution in [0.4, 0.5) is 0 Å². The van der Waals surface area contributed by atoms with Crippen molar-refractivity contribution in [2.45, 2.75) is 6.17 Å². The Balaban J connectivity index is 1.32. The van der Waals surface area contributed by atoms with Gasteiger partial charge in [-0.15, -0.1) is 0 Å². The van der Waals surface area contributed by atoms with E-state index in [9.17, 15) is 0 Å². The number of furan rings is 1. The highest BCUT2D eigenvalue weighted by atomic mass is 16.3. The molecule has 1 N–H and O–H groups in total. The molecule has 0 saturated carbocycles. The van der Waals surface area contributed by atoms with E-state index in [4.69, 9.17) is 14.4 Å². The third kappa shape index (κ3) is 4.09. The zero-order valence-electron chi connectivity index (χ0n) is 22.2. The van der Waals surface area contributed by atoms with Crippen LogP contribution in [0.2, 0.25) is 0 Å². The van der Waals surface area contributed by atoms with E-state index < -0.39 is 6.17 Å². The molecule has 0 saturated heterocycles. The maximum Gasteiger partial charge on any atom is 0.170 e. The van der Waals surface area contributed by atoms with E-state index in [-0.39, 0.29) is 0 Å². The van der Waals surface area contributed by atoms with Crippen LogP contribution < -0.4 is 5.32 Å². The molecule has 4 nitrogen and oxygen atoms in total. The number of aliphatic imine (C=N–C) groups is 2. The number of nitrogens with zero attached hydrogens (tertiary/aromatic N) is 2. The molecule has 0 fully saturated rings. The second-order valence-electron chi connectivity index (χ2n) is 10.2. The first-order valence-corrected chi connectivity index (χ1v) is 13.8. The molecule has 1 atom stereocenters. The predicted octanol–water partition coefficient (Wildman–Crippen LogP) is 8.90. The average molecular weight is 528 g/mol. The Kier molecular flexibility index (Phi) is 5.49. The Morgan fingerprint density at radius 2 is 1.22 bits per heavy atom. The molecule has 0 amide bonds. The summed E-state index contributed by atoms with van der Waals surface area (Å²) in [5.74, 6) is 1.60. The van der Waals surface area contributed by atoms with Crippen molar-refractivity contribution in [3.8, 4) is 11.1 Å². The molecular weight excluding hydrogens is 502 g/mol. The quantitative estimate of drug-likeness (QED) is 0.248. The van der Waals surface area contributed by atoms with E-state index in [1.807, 2.05) is 36.4 Å². The summed E-state index contributed by atoms with van der Waals surface area (Å²) < 4.78 is 6.41. The van der Waals surface area contributed by atoms with Gasteiger partial charge in [-0.05, 0) is 40.1 Å². The normalized spacial score (nSPS) is 15.1. The van der Waals surface area contributed by atoms with E-state index in [1.165, 1.54) is 5.39 Å². The molecule has 1 aliphatic rings. The number of fused-ring (bicyclic) bond motifs is 4. The fraction of sp³-hybridized carbons (Fsp3) is 0.0270. The predicted molar refractivity (Wildman–Crippen MR) is 168 cm³/mol. The van der Waals surface area contributed by atoms with Crippen molar-refractivity contribution in [3.05, 3.63) is 156 Å². The van der Waals surface area contributed by atoms with Crippen molar-refractivity contribution in [2.24, 2.45) is 9.98 Å². The fourth-order valence-electron chi connectivity index (χ4n) is 5.78. The Hall–Kier alpha value is -5.48. The van der Waals surface area contributed by atoms with Crippen LogP contribution in [0.15, 0.2) is 154 Å². The third-order valence-corrected chi connectivity index (χ3v) is 7.75. The SMILES string of the molecule is c1ccc(C2=NC(c3cccc4oc5cc(-c6ccccc6)ccc5c34)N=C(c3cccc4ccccc34)N2)cc1. The summed E-state index contributed by atoms with van der Waals surface area (Å²) in [5.41, 5.74) is 7.06. The second-order valence-corrected chi connectivity index (χ2v) is 10.2. The summed E-state index contributed by atoms with van der Waals surface area (Å²) in [6.45, 7) is 0. The number of rotatable bonds is 4. The first-order valence-electron chi connectivity index (χ1n) is 13.8. The van der Waals surface area contributed by atoms with E-state index in [2.05, 4.69) is 108 Å². The summed E-state index contributed by atoms with van der Waals surface area (Å²) in [4.78, 5) is 10.4. The van der Waals surface area contributed by atoms with Crippen LogP contribution in [-0.4, -0.2) is 11.7 Å². The van der Waals surface area contributed by atoms with Crippen LogP contribution in [0, 0.1) is 0 Å². The lowest BCUT2D eigenvalue weighted by Crippen LogP contribution is -2.36. The number of benzene rings is 6. The van der Waals surface area contributed by atoms with Crippen molar-refractivity contribution in [2.75, 3.05) is 0 Å². The number of amidine groups is 2. The van der Waals surface area contributed by atoms with Gasteiger partial charge in [0.25, 0.3) is 0 Å². The number of nitrogens with one attached hydrogen (secondary N) is 1. The monoisotopic (exact) mass is 527 g/mol. The lowest BCUT2D eigenvalue weighted by atomic mass is 10.00. The molecule has 0 spiro atoms. The topological polar surface area (TPSA) is 49.9 Å². The van der Waals surface area contributed by atoms with Crippen molar-refractivity contribution >= 4 is 44.4 Å². The molecular formula is C37H25N3O. The fourth-order valence-corrected chi connectivity index (χ4v) is 5.78. The van der Waals surface area contributed by atoms with Gasteiger partial charge in [0.15, 0.2) is 6.17 Å².